The van der Waals surface area contributed by atoms with Crippen LogP contribution in [-0.2, 0) is 14.8 Å². The minimum atomic E-state index is -3.13. The molecule has 2 N–H and O–H groups in total. The van der Waals surface area contributed by atoms with E-state index in [1.54, 1.807) is 6.92 Å². The molecule has 1 amide bonds. The number of carbonyl (C=O) groups excluding carboxylic acids is 1. The highest BCUT2D eigenvalue weighted by atomic mass is 32.2. The van der Waals surface area contributed by atoms with Gasteiger partial charge >= 0.3 is 0 Å². The molecule has 106 valence electrons. The summed E-state index contributed by atoms with van der Waals surface area (Å²) >= 11 is 0. The molecule has 0 radical (unpaired) electrons. The third kappa shape index (κ3) is 4.91. The van der Waals surface area contributed by atoms with Gasteiger partial charge in [0.1, 0.15) is 0 Å². The Bertz CT molecular complexity index is 373. The predicted octanol–water partition coefficient (Wildman–Crippen LogP) is -0.455. The van der Waals surface area contributed by atoms with Crippen LogP contribution in [0.25, 0.3) is 0 Å². The maximum atomic E-state index is 11.8. The average Bonchev–Trinajstić information content (AvgIpc) is 2.27. The van der Waals surface area contributed by atoms with Gasteiger partial charge in [0.05, 0.1) is 12.4 Å². The Balaban J connectivity index is 2.32. The number of nitrogens with zero attached hydrogens (tertiary/aromatic N) is 1. The summed E-state index contributed by atoms with van der Waals surface area (Å²) in [6.45, 7) is 2.96. The Morgan fingerprint density at radius 2 is 2.00 bits per heavy atom. The number of carbonyl (C=O) groups is 1. The first-order valence-electron chi connectivity index (χ1n) is 6.21. The molecule has 1 atom stereocenters. The summed E-state index contributed by atoms with van der Waals surface area (Å²) in [5.41, 5.74) is 0. The predicted molar refractivity (Wildman–Crippen MR) is 68.4 cm³/mol. The number of nitrogens with one attached hydrogen (secondary N) is 1. The van der Waals surface area contributed by atoms with Crippen molar-refractivity contribution in [2.45, 2.75) is 32.3 Å². The second-order valence-electron chi connectivity index (χ2n) is 4.87. The lowest BCUT2D eigenvalue weighted by Crippen LogP contribution is -2.42. The van der Waals surface area contributed by atoms with E-state index in [-0.39, 0.29) is 11.8 Å². The first kappa shape index (κ1) is 15.4. The molecule has 1 fully saturated rings. The van der Waals surface area contributed by atoms with E-state index in [9.17, 15) is 13.2 Å². The van der Waals surface area contributed by atoms with Crippen molar-refractivity contribution < 1.29 is 18.3 Å². The molecular weight excluding hydrogens is 256 g/mol. The van der Waals surface area contributed by atoms with Gasteiger partial charge in [-0.1, -0.05) is 0 Å². The second-order valence-corrected chi connectivity index (χ2v) is 6.85. The van der Waals surface area contributed by atoms with Crippen LogP contribution in [0, 0.1) is 5.92 Å². The van der Waals surface area contributed by atoms with Gasteiger partial charge in [0.15, 0.2) is 0 Å². The van der Waals surface area contributed by atoms with Crippen LogP contribution < -0.4 is 5.32 Å². The highest BCUT2D eigenvalue weighted by Crippen LogP contribution is 2.19. The van der Waals surface area contributed by atoms with Gasteiger partial charge in [-0.2, -0.15) is 0 Å². The molecule has 0 spiro atoms. The molecule has 6 nitrogen and oxygen atoms in total. The third-order valence-electron chi connectivity index (χ3n) is 3.16. The van der Waals surface area contributed by atoms with Crippen molar-refractivity contribution in [3.05, 3.63) is 0 Å². The monoisotopic (exact) mass is 278 g/mol. The number of hydrogen-bond acceptors (Lipinski definition) is 4. The summed E-state index contributed by atoms with van der Waals surface area (Å²) in [7, 11) is -3.13. The first-order chi connectivity index (χ1) is 8.30. The molecular formula is C11H22N2O4S. The van der Waals surface area contributed by atoms with Crippen molar-refractivity contribution in [1.82, 2.24) is 9.62 Å². The summed E-state index contributed by atoms with van der Waals surface area (Å²) in [6.07, 6.45) is 2.43. The van der Waals surface area contributed by atoms with E-state index in [1.807, 2.05) is 0 Å². The van der Waals surface area contributed by atoms with Crippen LogP contribution >= 0.6 is 0 Å². The molecule has 0 bridgehead atoms. The Morgan fingerprint density at radius 1 is 1.44 bits per heavy atom. The van der Waals surface area contributed by atoms with Gasteiger partial charge in [0.25, 0.3) is 0 Å². The van der Waals surface area contributed by atoms with Crippen molar-refractivity contribution >= 4 is 15.9 Å². The molecule has 0 aromatic carbocycles. The van der Waals surface area contributed by atoms with E-state index in [4.69, 9.17) is 5.11 Å². The maximum Gasteiger partial charge on any atom is 0.223 e. The van der Waals surface area contributed by atoms with E-state index in [1.165, 1.54) is 10.6 Å². The molecule has 18 heavy (non-hydrogen) atoms. The van der Waals surface area contributed by atoms with Crippen LogP contribution in [0.5, 0.6) is 0 Å². The Hall–Kier alpha value is -0.660. The van der Waals surface area contributed by atoms with Gasteiger partial charge < -0.3 is 10.4 Å². The zero-order valence-electron chi connectivity index (χ0n) is 10.9. The molecule has 0 aliphatic carbocycles. The number of rotatable bonds is 5. The molecule has 0 aromatic rings. The smallest absolute Gasteiger partial charge is 0.223 e. The second kappa shape index (κ2) is 6.49. The molecule has 1 rings (SSSR count). The van der Waals surface area contributed by atoms with Gasteiger partial charge in [-0.25, -0.2) is 12.7 Å². The van der Waals surface area contributed by atoms with Gasteiger partial charge in [-0.3, -0.25) is 4.79 Å². The zero-order valence-corrected chi connectivity index (χ0v) is 11.7. The average molecular weight is 278 g/mol. The van der Waals surface area contributed by atoms with E-state index < -0.39 is 16.1 Å². The fourth-order valence-electron chi connectivity index (χ4n) is 2.00. The fraction of sp³-hybridized carbons (Fsp3) is 0.909. The zero-order chi connectivity index (χ0) is 13.8. The third-order valence-corrected chi connectivity index (χ3v) is 4.46. The van der Waals surface area contributed by atoms with Crippen molar-refractivity contribution in [1.29, 1.82) is 0 Å². The first-order valence-corrected chi connectivity index (χ1v) is 8.06. The topological polar surface area (TPSA) is 86.7 Å². The largest absolute Gasteiger partial charge is 0.393 e. The minimum Gasteiger partial charge on any atom is -0.393 e. The van der Waals surface area contributed by atoms with E-state index in [0.29, 0.717) is 38.9 Å². The van der Waals surface area contributed by atoms with Crippen molar-refractivity contribution in [2.75, 3.05) is 25.9 Å². The Labute approximate surface area is 108 Å². The lowest BCUT2D eigenvalue weighted by Gasteiger charge is -2.29. The molecule has 7 heteroatoms. The highest BCUT2D eigenvalue weighted by molar-refractivity contribution is 7.88. The highest BCUT2D eigenvalue weighted by Gasteiger charge is 2.28. The molecule has 1 unspecified atom stereocenters. The van der Waals surface area contributed by atoms with E-state index in [0.717, 1.165) is 0 Å². The van der Waals surface area contributed by atoms with Crippen LogP contribution in [-0.4, -0.2) is 55.7 Å². The summed E-state index contributed by atoms with van der Waals surface area (Å²) in [5.74, 6) is -0.152. The summed E-state index contributed by atoms with van der Waals surface area (Å²) in [4.78, 5) is 11.8. The SMILES string of the molecule is CC(O)CCNC(=O)C1CCN(S(C)(=O)=O)CC1. The van der Waals surface area contributed by atoms with Crippen molar-refractivity contribution in [2.24, 2.45) is 5.92 Å². The molecule has 0 aromatic heterocycles. The lowest BCUT2D eigenvalue weighted by molar-refractivity contribution is -0.126. The van der Waals surface area contributed by atoms with Crippen molar-refractivity contribution in [3.63, 3.8) is 0 Å². The normalized spacial score (nSPS) is 20.6. The summed E-state index contributed by atoms with van der Waals surface area (Å²) < 4.78 is 24.0. The number of aliphatic hydroxyl groups is 1. The number of aliphatic hydroxyl groups excluding tert-OH is 1. The number of piperidine rings is 1. The molecule has 1 saturated heterocycles. The van der Waals surface area contributed by atoms with Crippen LogP contribution in [0.2, 0.25) is 0 Å². The van der Waals surface area contributed by atoms with Gasteiger partial charge in [0, 0.05) is 25.6 Å². The lowest BCUT2D eigenvalue weighted by atomic mass is 9.97. The molecule has 1 aliphatic rings. The van der Waals surface area contributed by atoms with E-state index in [2.05, 4.69) is 5.32 Å². The number of sulfonamides is 1. The summed E-state index contributed by atoms with van der Waals surface area (Å²) in [5, 5.41) is 11.8. The van der Waals surface area contributed by atoms with Crippen LogP contribution in [0.15, 0.2) is 0 Å². The molecule has 1 heterocycles. The van der Waals surface area contributed by atoms with Gasteiger partial charge in [-0.15, -0.1) is 0 Å². The van der Waals surface area contributed by atoms with Gasteiger partial charge in [-0.05, 0) is 26.2 Å². The van der Waals surface area contributed by atoms with Crippen LogP contribution in [0.1, 0.15) is 26.2 Å². The van der Waals surface area contributed by atoms with Gasteiger partial charge in [0.2, 0.25) is 15.9 Å². The van der Waals surface area contributed by atoms with Crippen LogP contribution in [0.4, 0.5) is 0 Å². The maximum absolute atomic E-state index is 11.8. The van der Waals surface area contributed by atoms with Crippen molar-refractivity contribution in [3.8, 4) is 0 Å². The standard InChI is InChI=1S/C11H22N2O4S/c1-9(14)3-6-12-11(15)10-4-7-13(8-5-10)18(2,16)17/h9-10,14H,3-8H2,1-2H3,(H,12,15). The fourth-order valence-corrected chi connectivity index (χ4v) is 2.87. The number of amides is 1. The molecule has 0 saturated carbocycles. The quantitative estimate of drug-likeness (QED) is 0.713. The number of hydrogen-bond donors (Lipinski definition) is 2. The van der Waals surface area contributed by atoms with Crippen LogP contribution in [0.3, 0.4) is 0 Å². The minimum absolute atomic E-state index is 0.0381. The Kier molecular flexibility index (Phi) is 5.55. The van der Waals surface area contributed by atoms with E-state index >= 15 is 0 Å². The Morgan fingerprint density at radius 3 is 2.44 bits per heavy atom. The summed E-state index contributed by atoms with van der Waals surface area (Å²) in [6, 6.07) is 0. The molecule has 1 aliphatic heterocycles.